The molecular weight excluding hydrogens is 424 g/mol. The second-order valence-electron chi connectivity index (χ2n) is 12.1. The van der Waals surface area contributed by atoms with Gasteiger partial charge >= 0.3 is 0 Å². The van der Waals surface area contributed by atoms with Gasteiger partial charge in [-0.2, -0.15) is 0 Å². The summed E-state index contributed by atoms with van der Waals surface area (Å²) in [6.45, 7) is 7.75. The van der Waals surface area contributed by atoms with Crippen molar-refractivity contribution in [3.8, 4) is 0 Å². The number of hydrogen-bond donors (Lipinski definition) is 3. The Hall–Kier alpha value is -0.980. The van der Waals surface area contributed by atoms with Crippen molar-refractivity contribution in [3.05, 3.63) is 11.6 Å². The van der Waals surface area contributed by atoms with Gasteiger partial charge in [-0.05, 0) is 74.2 Å². The lowest BCUT2D eigenvalue weighted by atomic mass is 9.45. The van der Waals surface area contributed by atoms with E-state index in [2.05, 4.69) is 19.6 Å². The van der Waals surface area contributed by atoms with Gasteiger partial charge in [-0.25, -0.2) is 0 Å². The van der Waals surface area contributed by atoms with Gasteiger partial charge in [0, 0.05) is 23.7 Å². The first-order valence-corrected chi connectivity index (χ1v) is 12.6. The largest absolute Gasteiger partial charge is 0.393 e. The van der Waals surface area contributed by atoms with Crippen molar-refractivity contribution >= 4 is 29.3 Å². The highest BCUT2D eigenvalue weighted by Gasteiger charge is 2.68. The highest BCUT2D eigenvalue weighted by molar-refractivity contribution is 7.96. The highest BCUT2D eigenvalue weighted by Crippen LogP contribution is 2.67. The monoisotopic (exact) mass is 462 g/mol. The first-order valence-electron chi connectivity index (χ1n) is 12.2. The molecule has 0 unspecified atom stereocenters. The number of Topliss-reactive ketones (excluding diaryl/α,β-unsaturated/α-hetero) is 1. The molecule has 4 rings (SSSR count). The number of ketones is 2. The molecule has 3 fully saturated rings. The first kappa shape index (κ1) is 24.2. The SMILES string of the molecule is CC(C)(CCC(=O)[C@@]1(O)CC[C@@H]2[C@@H]3CCC4=CC(=O)CC[C@]4(C)[C@H]3[C@@H](O)C[C@@]21C)C(=O)S. The second-order valence-corrected chi connectivity index (χ2v) is 12.5. The van der Waals surface area contributed by atoms with Crippen LogP contribution >= 0.6 is 12.6 Å². The average Bonchev–Trinajstić information content (AvgIpc) is 2.98. The average molecular weight is 463 g/mol. The lowest BCUT2D eigenvalue weighted by Gasteiger charge is -2.60. The van der Waals surface area contributed by atoms with Crippen LogP contribution in [0.3, 0.4) is 0 Å². The molecule has 0 saturated heterocycles. The van der Waals surface area contributed by atoms with Crippen molar-refractivity contribution in [2.24, 2.45) is 34.0 Å². The maximum Gasteiger partial charge on any atom is 0.191 e. The molecule has 6 heteroatoms. The Bertz CT molecular complexity index is 877. The van der Waals surface area contributed by atoms with Crippen LogP contribution in [0.15, 0.2) is 11.6 Å². The number of hydrogen-bond acceptors (Lipinski definition) is 5. The zero-order valence-corrected chi connectivity index (χ0v) is 20.7. The lowest BCUT2D eigenvalue weighted by molar-refractivity contribution is -0.180. The van der Waals surface area contributed by atoms with Crippen LogP contribution in [0.5, 0.6) is 0 Å². The summed E-state index contributed by atoms with van der Waals surface area (Å²) in [5, 5.41) is 23.0. The fraction of sp³-hybridized carbons (Fsp3) is 0.808. The van der Waals surface area contributed by atoms with E-state index in [1.54, 1.807) is 13.8 Å². The van der Waals surface area contributed by atoms with Crippen LogP contribution in [0.25, 0.3) is 0 Å². The Morgan fingerprint density at radius 1 is 1.19 bits per heavy atom. The van der Waals surface area contributed by atoms with Gasteiger partial charge in [0.1, 0.15) is 5.60 Å². The molecule has 0 aromatic rings. The maximum absolute atomic E-state index is 13.4. The standard InChI is InChI=1S/C26H38O5S/c1-23(2,22(30)32)10-9-20(29)26(31)12-8-18-17-6-5-15-13-16(27)7-11-24(15,3)21(17)19(28)14-25(18,26)4/h13,17-19,21,28,31H,5-12,14H2,1-4H3,(H,30,32)/t17-,18+,19-,21+,24-,25-,26-/m0/s1. The molecule has 0 bridgehead atoms. The number of carbonyl (C=O) groups is 3. The van der Waals surface area contributed by atoms with Crippen molar-refractivity contribution in [3.63, 3.8) is 0 Å². The molecule has 178 valence electrons. The maximum atomic E-state index is 13.4. The molecule has 0 aromatic heterocycles. The molecule has 7 atom stereocenters. The predicted molar refractivity (Wildman–Crippen MR) is 125 cm³/mol. The Labute approximate surface area is 196 Å². The number of thiol groups is 1. The minimum atomic E-state index is -1.47. The summed E-state index contributed by atoms with van der Waals surface area (Å²) in [6, 6.07) is 0. The third kappa shape index (κ3) is 3.39. The summed E-state index contributed by atoms with van der Waals surface area (Å²) in [5.74, 6) is 0.444. The third-order valence-electron chi connectivity index (χ3n) is 10.1. The molecule has 3 saturated carbocycles. The topological polar surface area (TPSA) is 91.7 Å². The highest BCUT2D eigenvalue weighted by atomic mass is 32.1. The molecule has 4 aliphatic carbocycles. The molecule has 0 aromatic carbocycles. The number of rotatable bonds is 5. The molecule has 32 heavy (non-hydrogen) atoms. The zero-order valence-electron chi connectivity index (χ0n) is 19.8. The van der Waals surface area contributed by atoms with Gasteiger partial charge in [0.2, 0.25) is 0 Å². The third-order valence-corrected chi connectivity index (χ3v) is 10.7. The lowest BCUT2D eigenvalue weighted by Crippen LogP contribution is -2.61. The number of fused-ring (bicyclic) bond motifs is 5. The fourth-order valence-corrected chi connectivity index (χ4v) is 8.00. The van der Waals surface area contributed by atoms with E-state index < -0.39 is 22.5 Å². The number of aliphatic hydroxyl groups excluding tert-OH is 1. The predicted octanol–water partition coefficient (Wildman–Crippen LogP) is 4.05. The van der Waals surface area contributed by atoms with Crippen molar-refractivity contribution in [1.29, 1.82) is 0 Å². The molecule has 0 amide bonds. The van der Waals surface area contributed by atoms with E-state index in [4.69, 9.17) is 0 Å². The van der Waals surface area contributed by atoms with E-state index in [-0.39, 0.29) is 46.3 Å². The van der Waals surface area contributed by atoms with E-state index in [9.17, 15) is 24.6 Å². The summed E-state index contributed by atoms with van der Waals surface area (Å²) in [7, 11) is 0. The molecule has 5 nitrogen and oxygen atoms in total. The van der Waals surface area contributed by atoms with Crippen LogP contribution in [0.2, 0.25) is 0 Å². The molecule has 0 aliphatic heterocycles. The Kier molecular flexibility index (Phi) is 5.87. The molecule has 0 heterocycles. The van der Waals surface area contributed by atoms with Gasteiger partial charge in [0.15, 0.2) is 16.7 Å². The number of allylic oxidation sites excluding steroid dienone is 1. The summed E-state index contributed by atoms with van der Waals surface area (Å²) >= 11 is 3.95. The van der Waals surface area contributed by atoms with E-state index in [0.29, 0.717) is 25.7 Å². The van der Waals surface area contributed by atoms with Gasteiger partial charge in [0.25, 0.3) is 0 Å². The molecule has 2 N–H and O–H groups in total. The summed E-state index contributed by atoms with van der Waals surface area (Å²) in [5.41, 5.74) is -1.87. The molecule has 0 spiro atoms. The van der Waals surface area contributed by atoms with Crippen LogP contribution in [-0.2, 0) is 14.4 Å². The zero-order chi connectivity index (χ0) is 23.7. The molecule has 0 radical (unpaired) electrons. The Balaban J connectivity index is 1.60. The van der Waals surface area contributed by atoms with E-state index in [0.717, 1.165) is 25.7 Å². The van der Waals surface area contributed by atoms with Gasteiger partial charge < -0.3 is 10.2 Å². The summed E-state index contributed by atoms with van der Waals surface area (Å²) in [4.78, 5) is 37.2. The number of aliphatic hydroxyl groups is 2. The van der Waals surface area contributed by atoms with Gasteiger partial charge in [-0.3, -0.25) is 14.4 Å². The van der Waals surface area contributed by atoms with Crippen molar-refractivity contribution < 1.29 is 24.6 Å². The van der Waals surface area contributed by atoms with Crippen LogP contribution in [0.4, 0.5) is 0 Å². The molecular formula is C26H38O5S. The smallest absolute Gasteiger partial charge is 0.191 e. The fourth-order valence-electron chi connectivity index (χ4n) is 7.89. The molecule has 4 aliphatic rings. The van der Waals surface area contributed by atoms with Crippen LogP contribution in [0, 0.1) is 34.0 Å². The van der Waals surface area contributed by atoms with Crippen LogP contribution < -0.4 is 0 Å². The van der Waals surface area contributed by atoms with Crippen molar-refractivity contribution in [1.82, 2.24) is 0 Å². The minimum absolute atomic E-state index is 0.0619. The van der Waals surface area contributed by atoms with Crippen LogP contribution in [-0.4, -0.2) is 38.6 Å². The quantitative estimate of drug-likeness (QED) is 0.536. The van der Waals surface area contributed by atoms with Gasteiger partial charge in [-0.1, -0.05) is 33.3 Å². The van der Waals surface area contributed by atoms with Crippen molar-refractivity contribution in [2.75, 3.05) is 0 Å². The van der Waals surface area contributed by atoms with Gasteiger partial charge in [-0.15, -0.1) is 12.6 Å². The summed E-state index contributed by atoms with van der Waals surface area (Å²) in [6.07, 6.45) is 6.32. The van der Waals surface area contributed by atoms with Crippen molar-refractivity contribution in [2.45, 2.75) is 97.2 Å². The summed E-state index contributed by atoms with van der Waals surface area (Å²) < 4.78 is 0. The van der Waals surface area contributed by atoms with Crippen LogP contribution in [0.1, 0.15) is 85.5 Å². The minimum Gasteiger partial charge on any atom is -0.393 e. The Morgan fingerprint density at radius 2 is 1.88 bits per heavy atom. The number of carbonyl (C=O) groups excluding carboxylic acids is 3. The van der Waals surface area contributed by atoms with E-state index in [1.165, 1.54) is 5.57 Å². The van der Waals surface area contributed by atoms with E-state index in [1.807, 2.05) is 13.0 Å². The Morgan fingerprint density at radius 3 is 2.53 bits per heavy atom. The van der Waals surface area contributed by atoms with E-state index >= 15 is 0 Å². The van der Waals surface area contributed by atoms with Gasteiger partial charge in [0.05, 0.1) is 6.10 Å². The first-order chi connectivity index (χ1) is 14.8. The second kappa shape index (κ2) is 7.78. The normalized spacial score (nSPS) is 43.7.